The molecule has 0 saturated carbocycles. The maximum atomic E-state index is 11.7. The Morgan fingerprint density at radius 2 is 2.29 bits per heavy atom. The standard InChI is InChI=1S/C13H17NO3/c1-3-4-5-8-14-13(16)10-6-7-12(17-2)11(15)9-10/h3-4,6-7,9,15H,5,8H2,1-2H3,(H,14,16)/b4-3+. The Labute approximate surface area is 101 Å². The highest BCUT2D eigenvalue weighted by atomic mass is 16.5. The van der Waals surface area contributed by atoms with Gasteiger partial charge < -0.3 is 15.2 Å². The monoisotopic (exact) mass is 235 g/mol. The van der Waals surface area contributed by atoms with Gasteiger partial charge in [-0.1, -0.05) is 12.2 Å². The highest BCUT2D eigenvalue weighted by Crippen LogP contribution is 2.25. The number of carbonyl (C=O) groups is 1. The lowest BCUT2D eigenvalue weighted by Gasteiger charge is -2.06. The number of hydrogen-bond acceptors (Lipinski definition) is 3. The average molecular weight is 235 g/mol. The molecule has 1 amide bonds. The fourth-order valence-electron chi connectivity index (χ4n) is 1.37. The van der Waals surface area contributed by atoms with Gasteiger partial charge in [-0.05, 0) is 31.5 Å². The molecule has 0 spiro atoms. The lowest BCUT2D eigenvalue weighted by Crippen LogP contribution is -2.23. The van der Waals surface area contributed by atoms with Crippen LogP contribution in [0, 0.1) is 0 Å². The van der Waals surface area contributed by atoms with Crippen molar-refractivity contribution in [2.24, 2.45) is 0 Å². The first-order chi connectivity index (χ1) is 8.19. The van der Waals surface area contributed by atoms with E-state index in [0.29, 0.717) is 17.9 Å². The summed E-state index contributed by atoms with van der Waals surface area (Å²) in [6, 6.07) is 4.57. The second-order valence-corrected chi connectivity index (χ2v) is 3.50. The minimum absolute atomic E-state index is 0.0337. The lowest BCUT2D eigenvalue weighted by atomic mass is 10.2. The van der Waals surface area contributed by atoms with Crippen LogP contribution in [0.3, 0.4) is 0 Å². The van der Waals surface area contributed by atoms with E-state index in [1.54, 1.807) is 12.1 Å². The molecule has 1 rings (SSSR count). The molecule has 4 heteroatoms. The molecule has 92 valence electrons. The second kappa shape index (κ2) is 6.58. The summed E-state index contributed by atoms with van der Waals surface area (Å²) in [7, 11) is 1.46. The Morgan fingerprint density at radius 3 is 2.88 bits per heavy atom. The first-order valence-electron chi connectivity index (χ1n) is 5.45. The predicted molar refractivity (Wildman–Crippen MR) is 66.4 cm³/mol. The van der Waals surface area contributed by atoms with Crippen LogP contribution < -0.4 is 10.1 Å². The Morgan fingerprint density at radius 1 is 1.53 bits per heavy atom. The molecule has 1 aromatic rings. The highest BCUT2D eigenvalue weighted by molar-refractivity contribution is 5.94. The van der Waals surface area contributed by atoms with Gasteiger partial charge in [-0.2, -0.15) is 0 Å². The molecular formula is C13H17NO3. The van der Waals surface area contributed by atoms with Crippen LogP contribution in [-0.4, -0.2) is 24.7 Å². The van der Waals surface area contributed by atoms with E-state index < -0.39 is 0 Å². The van der Waals surface area contributed by atoms with Crippen LogP contribution in [-0.2, 0) is 0 Å². The first kappa shape index (κ1) is 13.1. The molecule has 0 fully saturated rings. The number of phenolic OH excluding ortho intramolecular Hbond substituents is 1. The quantitative estimate of drug-likeness (QED) is 0.607. The molecule has 0 saturated heterocycles. The fraction of sp³-hybridized carbons (Fsp3) is 0.308. The van der Waals surface area contributed by atoms with Crippen molar-refractivity contribution in [3.05, 3.63) is 35.9 Å². The Hall–Kier alpha value is -1.97. The van der Waals surface area contributed by atoms with E-state index in [1.807, 2.05) is 19.1 Å². The number of phenols is 1. The molecule has 1 aromatic carbocycles. The van der Waals surface area contributed by atoms with Crippen LogP contribution in [0.1, 0.15) is 23.7 Å². The van der Waals surface area contributed by atoms with Crippen molar-refractivity contribution in [2.75, 3.05) is 13.7 Å². The molecule has 0 unspecified atom stereocenters. The van der Waals surface area contributed by atoms with Crippen LogP contribution in [0.15, 0.2) is 30.4 Å². The van der Waals surface area contributed by atoms with Gasteiger partial charge in [0.1, 0.15) is 0 Å². The Bertz CT molecular complexity index is 413. The number of benzene rings is 1. The number of amides is 1. The van der Waals surface area contributed by atoms with Crippen LogP contribution in [0.2, 0.25) is 0 Å². The zero-order valence-corrected chi connectivity index (χ0v) is 10.1. The molecule has 0 aliphatic heterocycles. The summed E-state index contributed by atoms with van der Waals surface area (Å²) in [6.45, 7) is 2.51. The number of aromatic hydroxyl groups is 1. The molecule has 4 nitrogen and oxygen atoms in total. The Balaban J connectivity index is 2.60. The van der Waals surface area contributed by atoms with Crippen molar-refractivity contribution in [3.63, 3.8) is 0 Å². The topological polar surface area (TPSA) is 58.6 Å². The number of allylic oxidation sites excluding steroid dienone is 1. The number of ether oxygens (including phenoxy) is 1. The third kappa shape index (κ3) is 3.83. The van der Waals surface area contributed by atoms with Crippen molar-refractivity contribution < 1.29 is 14.6 Å². The molecule has 0 aromatic heterocycles. The van der Waals surface area contributed by atoms with Gasteiger partial charge in [-0.15, -0.1) is 0 Å². The zero-order valence-electron chi connectivity index (χ0n) is 10.1. The molecule has 0 radical (unpaired) electrons. The van der Waals surface area contributed by atoms with E-state index in [9.17, 15) is 9.90 Å². The number of carbonyl (C=O) groups excluding carboxylic acids is 1. The minimum atomic E-state index is -0.201. The number of hydrogen-bond donors (Lipinski definition) is 2. The van der Waals surface area contributed by atoms with E-state index in [4.69, 9.17) is 4.74 Å². The van der Waals surface area contributed by atoms with Gasteiger partial charge in [-0.25, -0.2) is 0 Å². The second-order valence-electron chi connectivity index (χ2n) is 3.50. The van der Waals surface area contributed by atoms with Gasteiger partial charge >= 0.3 is 0 Å². The first-order valence-corrected chi connectivity index (χ1v) is 5.45. The molecular weight excluding hydrogens is 218 g/mol. The summed E-state index contributed by atoms with van der Waals surface area (Å²) < 4.78 is 4.90. The lowest BCUT2D eigenvalue weighted by molar-refractivity contribution is 0.0954. The van der Waals surface area contributed by atoms with Gasteiger partial charge in [0.15, 0.2) is 11.5 Å². The number of rotatable bonds is 5. The molecule has 0 heterocycles. The Kier molecular flexibility index (Phi) is 5.07. The summed E-state index contributed by atoms with van der Waals surface area (Å²) in [5, 5.41) is 12.3. The molecule has 17 heavy (non-hydrogen) atoms. The SMILES string of the molecule is C/C=C/CCNC(=O)c1ccc(OC)c(O)c1. The summed E-state index contributed by atoms with van der Waals surface area (Å²) in [5.74, 6) is 0.122. The third-order valence-electron chi connectivity index (χ3n) is 2.27. The average Bonchev–Trinajstić information content (AvgIpc) is 2.34. The normalized spacial score (nSPS) is 10.5. The van der Waals surface area contributed by atoms with Gasteiger partial charge in [0, 0.05) is 12.1 Å². The maximum absolute atomic E-state index is 11.7. The molecule has 0 atom stereocenters. The van der Waals surface area contributed by atoms with Gasteiger partial charge in [0.2, 0.25) is 0 Å². The number of nitrogens with one attached hydrogen (secondary N) is 1. The molecule has 0 aliphatic rings. The predicted octanol–water partition coefficient (Wildman–Crippen LogP) is 2.10. The van der Waals surface area contributed by atoms with Crippen LogP contribution in [0.5, 0.6) is 11.5 Å². The van der Waals surface area contributed by atoms with Gasteiger partial charge in [0.05, 0.1) is 7.11 Å². The van der Waals surface area contributed by atoms with Crippen molar-refractivity contribution >= 4 is 5.91 Å². The third-order valence-corrected chi connectivity index (χ3v) is 2.27. The summed E-state index contributed by atoms with van der Waals surface area (Å²) >= 11 is 0. The highest BCUT2D eigenvalue weighted by Gasteiger charge is 2.08. The van der Waals surface area contributed by atoms with Crippen molar-refractivity contribution in [1.29, 1.82) is 0 Å². The van der Waals surface area contributed by atoms with Crippen molar-refractivity contribution in [2.45, 2.75) is 13.3 Å². The van der Waals surface area contributed by atoms with Gasteiger partial charge in [-0.3, -0.25) is 4.79 Å². The van der Waals surface area contributed by atoms with Crippen LogP contribution in [0.4, 0.5) is 0 Å². The van der Waals surface area contributed by atoms with Gasteiger partial charge in [0.25, 0.3) is 5.91 Å². The molecule has 0 aliphatic carbocycles. The summed E-state index contributed by atoms with van der Waals surface area (Å²) in [6.07, 6.45) is 4.71. The van der Waals surface area contributed by atoms with Crippen molar-refractivity contribution in [1.82, 2.24) is 5.32 Å². The fourth-order valence-corrected chi connectivity index (χ4v) is 1.37. The molecule has 2 N–H and O–H groups in total. The summed E-state index contributed by atoms with van der Waals surface area (Å²) in [4.78, 5) is 11.7. The van der Waals surface area contributed by atoms with E-state index in [2.05, 4.69) is 5.32 Å². The van der Waals surface area contributed by atoms with Crippen LogP contribution in [0.25, 0.3) is 0 Å². The number of methoxy groups -OCH3 is 1. The maximum Gasteiger partial charge on any atom is 0.251 e. The zero-order chi connectivity index (χ0) is 12.7. The van der Waals surface area contributed by atoms with Crippen molar-refractivity contribution in [3.8, 4) is 11.5 Å². The van der Waals surface area contributed by atoms with Crippen LogP contribution >= 0.6 is 0 Å². The van der Waals surface area contributed by atoms with E-state index >= 15 is 0 Å². The minimum Gasteiger partial charge on any atom is -0.504 e. The van der Waals surface area contributed by atoms with E-state index in [0.717, 1.165) is 6.42 Å². The smallest absolute Gasteiger partial charge is 0.251 e. The van der Waals surface area contributed by atoms with E-state index in [1.165, 1.54) is 13.2 Å². The summed E-state index contributed by atoms with van der Waals surface area (Å²) in [5.41, 5.74) is 0.420. The largest absolute Gasteiger partial charge is 0.504 e. The molecule has 0 bridgehead atoms. The van der Waals surface area contributed by atoms with E-state index in [-0.39, 0.29) is 11.7 Å².